The van der Waals surface area contributed by atoms with E-state index in [0.29, 0.717) is 0 Å². The van der Waals surface area contributed by atoms with E-state index < -0.39 is 0 Å². The Bertz CT molecular complexity index is 672. The van der Waals surface area contributed by atoms with Crippen molar-refractivity contribution in [3.63, 3.8) is 0 Å². The van der Waals surface area contributed by atoms with Crippen molar-refractivity contribution in [2.24, 2.45) is 5.73 Å². The molecule has 6 nitrogen and oxygen atoms in total. The lowest BCUT2D eigenvalue weighted by molar-refractivity contribution is 0.559. The normalized spacial score (nSPS) is 14.2. The van der Waals surface area contributed by atoms with Gasteiger partial charge in [-0.05, 0) is 19.9 Å². The van der Waals surface area contributed by atoms with Gasteiger partial charge in [0.15, 0.2) is 0 Å². The molecule has 0 saturated carbocycles. The number of hydrogen-bond acceptors (Lipinski definition) is 4. The van der Waals surface area contributed by atoms with Gasteiger partial charge in [-0.25, -0.2) is 4.98 Å². The summed E-state index contributed by atoms with van der Waals surface area (Å²) in [5.74, 6) is 1.11. The smallest absolute Gasteiger partial charge is 0.128 e. The van der Waals surface area contributed by atoms with Crippen LogP contribution in [0.2, 0.25) is 0 Å². The first-order chi connectivity index (χ1) is 9.56. The van der Waals surface area contributed by atoms with E-state index >= 15 is 0 Å². The third-order valence-corrected chi connectivity index (χ3v) is 3.66. The van der Waals surface area contributed by atoms with Crippen LogP contribution in [0.3, 0.4) is 0 Å². The first-order valence-corrected chi connectivity index (χ1v) is 6.64. The number of nitrogens with one attached hydrogen (secondary N) is 1. The highest BCUT2D eigenvalue weighted by atomic mass is 15.2. The summed E-state index contributed by atoms with van der Waals surface area (Å²) in [6, 6.07) is 2.00. The van der Waals surface area contributed by atoms with Crippen LogP contribution in [0.5, 0.6) is 0 Å². The van der Waals surface area contributed by atoms with Crippen LogP contribution in [-0.2, 0) is 13.1 Å². The zero-order chi connectivity index (χ0) is 14.3. The summed E-state index contributed by atoms with van der Waals surface area (Å²) in [6.07, 6.45) is 3.83. The number of pyridine rings is 1. The van der Waals surface area contributed by atoms with Crippen LogP contribution in [0.15, 0.2) is 18.5 Å². The molecule has 20 heavy (non-hydrogen) atoms. The maximum absolute atomic E-state index is 7.81. The maximum Gasteiger partial charge on any atom is 0.128 e. The summed E-state index contributed by atoms with van der Waals surface area (Å²) in [5, 5.41) is 7.81. The third kappa shape index (κ3) is 2.03. The molecule has 6 heteroatoms. The monoisotopic (exact) mass is 270 g/mol. The highest BCUT2D eigenvalue weighted by Gasteiger charge is 2.22. The number of fused-ring (bicyclic) bond motifs is 1. The Hall–Kier alpha value is -2.37. The molecule has 0 spiro atoms. The van der Waals surface area contributed by atoms with Gasteiger partial charge in [0, 0.05) is 31.2 Å². The van der Waals surface area contributed by atoms with Gasteiger partial charge in [0.25, 0.3) is 0 Å². The summed E-state index contributed by atoms with van der Waals surface area (Å²) in [4.78, 5) is 11.0. The molecule has 3 N–H and O–H groups in total. The summed E-state index contributed by atoms with van der Waals surface area (Å²) in [7, 11) is 0. The molecule has 0 amide bonds. The second-order valence-electron chi connectivity index (χ2n) is 5.12. The number of aromatic nitrogens is 3. The molecule has 3 heterocycles. The average Bonchev–Trinajstić information content (AvgIpc) is 2.84. The molecule has 3 rings (SSSR count). The lowest BCUT2D eigenvalue weighted by atomic mass is 10.1. The predicted octanol–water partition coefficient (Wildman–Crippen LogP) is 1.20. The molecule has 0 fully saturated rings. The molecule has 0 bridgehead atoms. The van der Waals surface area contributed by atoms with Gasteiger partial charge in [0.1, 0.15) is 11.7 Å². The van der Waals surface area contributed by atoms with E-state index in [9.17, 15) is 0 Å². The molecule has 2 aromatic rings. The van der Waals surface area contributed by atoms with Crippen molar-refractivity contribution in [1.29, 1.82) is 5.41 Å². The number of hydrogen-bond donors (Lipinski definition) is 2. The Labute approximate surface area is 117 Å². The fourth-order valence-corrected chi connectivity index (χ4v) is 2.77. The molecular weight excluding hydrogens is 252 g/mol. The van der Waals surface area contributed by atoms with Gasteiger partial charge >= 0.3 is 0 Å². The summed E-state index contributed by atoms with van der Waals surface area (Å²) in [6.45, 7) is 6.37. The van der Waals surface area contributed by atoms with Crippen molar-refractivity contribution in [2.45, 2.75) is 26.9 Å². The number of nitrogens with zero attached hydrogens (tertiary/aromatic N) is 4. The number of rotatable bonds is 2. The van der Waals surface area contributed by atoms with Crippen LogP contribution in [0.25, 0.3) is 0 Å². The van der Waals surface area contributed by atoms with E-state index in [0.717, 1.165) is 48.1 Å². The molecule has 0 unspecified atom stereocenters. The fraction of sp³-hybridized carbons (Fsp3) is 0.357. The average molecular weight is 270 g/mol. The number of anilines is 1. The molecule has 1 aliphatic rings. The highest BCUT2D eigenvalue weighted by Crippen LogP contribution is 2.26. The summed E-state index contributed by atoms with van der Waals surface area (Å²) >= 11 is 0. The van der Waals surface area contributed by atoms with Gasteiger partial charge in [0.05, 0.1) is 23.5 Å². The Morgan fingerprint density at radius 3 is 2.90 bits per heavy atom. The Kier molecular flexibility index (Phi) is 2.93. The van der Waals surface area contributed by atoms with Crippen molar-refractivity contribution in [2.75, 3.05) is 11.4 Å². The molecule has 2 aromatic heterocycles. The quantitative estimate of drug-likeness (QED) is 0.634. The summed E-state index contributed by atoms with van der Waals surface area (Å²) in [5.41, 5.74) is 9.21. The number of nitrogens with two attached hydrogens (primary N) is 1. The lowest BCUT2D eigenvalue weighted by Gasteiger charge is -2.31. The number of amidine groups is 1. The van der Waals surface area contributed by atoms with Crippen molar-refractivity contribution in [1.82, 2.24) is 14.5 Å². The Morgan fingerprint density at radius 1 is 1.35 bits per heavy atom. The number of aryl methyl sites for hydroxylation is 2. The van der Waals surface area contributed by atoms with Crippen LogP contribution in [0, 0.1) is 19.3 Å². The van der Waals surface area contributed by atoms with Crippen LogP contribution in [0.4, 0.5) is 5.69 Å². The van der Waals surface area contributed by atoms with Crippen molar-refractivity contribution in [3.05, 3.63) is 41.2 Å². The van der Waals surface area contributed by atoms with Gasteiger partial charge in [-0.3, -0.25) is 10.4 Å². The minimum absolute atomic E-state index is 0.0684. The fourth-order valence-electron chi connectivity index (χ4n) is 2.77. The molecule has 0 atom stereocenters. The van der Waals surface area contributed by atoms with E-state index in [1.807, 2.05) is 32.3 Å². The largest absolute Gasteiger partial charge is 0.384 e. The van der Waals surface area contributed by atoms with E-state index in [2.05, 4.69) is 19.4 Å². The molecule has 104 valence electrons. The third-order valence-electron chi connectivity index (χ3n) is 3.66. The van der Waals surface area contributed by atoms with Gasteiger partial charge < -0.3 is 15.2 Å². The molecule has 0 aliphatic carbocycles. The zero-order valence-electron chi connectivity index (χ0n) is 11.7. The van der Waals surface area contributed by atoms with Crippen LogP contribution in [0.1, 0.15) is 22.8 Å². The van der Waals surface area contributed by atoms with Crippen LogP contribution < -0.4 is 10.6 Å². The first-order valence-electron chi connectivity index (χ1n) is 6.64. The van der Waals surface area contributed by atoms with Crippen LogP contribution >= 0.6 is 0 Å². The lowest BCUT2D eigenvalue weighted by Crippen LogP contribution is -2.35. The van der Waals surface area contributed by atoms with Gasteiger partial charge in [0.2, 0.25) is 0 Å². The first kappa shape index (κ1) is 12.7. The number of nitrogen functional groups attached to an aromatic ring is 1. The topological polar surface area (TPSA) is 83.8 Å². The Morgan fingerprint density at radius 2 is 2.15 bits per heavy atom. The SMILES string of the molecule is Cc1cc(N2CCn3ccnc3C2)c(C(=N)N)c(C)n1. The van der Waals surface area contributed by atoms with Crippen molar-refractivity contribution >= 4 is 11.5 Å². The Balaban J connectivity index is 2.05. The van der Waals surface area contributed by atoms with Crippen molar-refractivity contribution < 1.29 is 0 Å². The van der Waals surface area contributed by atoms with E-state index in [-0.39, 0.29) is 5.84 Å². The van der Waals surface area contributed by atoms with Crippen LogP contribution in [-0.4, -0.2) is 26.9 Å². The number of imidazole rings is 1. The molecule has 0 radical (unpaired) electrons. The van der Waals surface area contributed by atoms with E-state index in [1.54, 1.807) is 0 Å². The van der Waals surface area contributed by atoms with E-state index in [1.165, 1.54) is 0 Å². The summed E-state index contributed by atoms with van der Waals surface area (Å²) < 4.78 is 2.16. The second kappa shape index (κ2) is 4.63. The van der Waals surface area contributed by atoms with Gasteiger partial charge in [-0.2, -0.15) is 0 Å². The maximum atomic E-state index is 7.81. The minimum atomic E-state index is 0.0684. The minimum Gasteiger partial charge on any atom is -0.384 e. The van der Waals surface area contributed by atoms with Gasteiger partial charge in [-0.15, -0.1) is 0 Å². The van der Waals surface area contributed by atoms with Gasteiger partial charge in [-0.1, -0.05) is 0 Å². The van der Waals surface area contributed by atoms with E-state index in [4.69, 9.17) is 11.1 Å². The molecule has 0 saturated heterocycles. The second-order valence-corrected chi connectivity index (χ2v) is 5.12. The van der Waals surface area contributed by atoms with Crippen molar-refractivity contribution in [3.8, 4) is 0 Å². The standard InChI is InChI=1S/C14H18N6/c1-9-7-11(13(14(15)16)10(2)18-9)20-6-5-19-4-3-17-12(19)8-20/h3-4,7H,5-6,8H2,1-2H3,(H3,15,16). The molecule has 0 aromatic carbocycles. The zero-order valence-corrected chi connectivity index (χ0v) is 11.7. The highest BCUT2D eigenvalue weighted by molar-refractivity contribution is 6.01. The molecular formula is C14H18N6. The molecule has 1 aliphatic heterocycles. The predicted molar refractivity (Wildman–Crippen MR) is 78.0 cm³/mol.